The molecule has 2 amide bonds. The summed E-state index contributed by atoms with van der Waals surface area (Å²) in [5.41, 5.74) is 0. The van der Waals surface area contributed by atoms with Crippen molar-refractivity contribution in [3.8, 4) is 0 Å². The lowest BCUT2D eigenvalue weighted by atomic mass is 9.97. The average molecular weight is 305 g/mol. The number of amides is 2. The van der Waals surface area contributed by atoms with E-state index in [9.17, 15) is 9.59 Å². The number of carbonyl (C=O) groups excluding carboxylic acids is 2. The van der Waals surface area contributed by atoms with E-state index in [1.165, 1.54) is 17.6 Å². The second-order valence-electron chi connectivity index (χ2n) is 4.89. The Hall–Kier alpha value is -2.15. The predicted octanol–water partition coefficient (Wildman–Crippen LogP) is 2.23. The molecule has 3 rings (SSSR count). The molecule has 2 aromatic heterocycles. The molecule has 0 spiro atoms. The number of carbonyl (C=O) groups is 2. The Morgan fingerprint density at radius 1 is 1.48 bits per heavy atom. The zero-order valence-corrected chi connectivity index (χ0v) is 12.1. The fourth-order valence-corrected chi connectivity index (χ4v) is 2.96. The number of nitrogens with one attached hydrogen (secondary N) is 1. The quantitative estimate of drug-likeness (QED) is 0.943. The second-order valence-corrected chi connectivity index (χ2v) is 5.79. The number of hydrogen-bond donors (Lipinski definition) is 1. The summed E-state index contributed by atoms with van der Waals surface area (Å²) in [5, 5.41) is 5.19. The molecule has 1 fully saturated rings. The maximum Gasteiger partial charge on any atom is 0.289 e. The number of nitrogens with zero attached hydrogens (tertiary/aromatic N) is 2. The summed E-state index contributed by atoms with van der Waals surface area (Å²) in [6.07, 6.45) is 4.71. The Bertz CT molecular complexity index is 609. The van der Waals surface area contributed by atoms with Gasteiger partial charge in [0.25, 0.3) is 5.91 Å². The molecule has 7 heteroatoms. The van der Waals surface area contributed by atoms with Gasteiger partial charge in [0.15, 0.2) is 10.9 Å². The molecule has 110 valence electrons. The standard InChI is InChI=1S/C14H15N3O3S/c18-12(16-14-15-5-8-21-14)10-3-1-6-17(9-10)13(19)11-4-2-7-20-11/h2,4-5,7-8,10H,1,3,6,9H2,(H,15,16,18)/t10-/m1/s1. The molecule has 0 saturated carbocycles. The molecule has 0 aliphatic carbocycles. The van der Waals surface area contributed by atoms with Gasteiger partial charge < -0.3 is 14.6 Å². The van der Waals surface area contributed by atoms with Gasteiger partial charge in [-0.1, -0.05) is 0 Å². The van der Waals surface area contributed by atoms with Crippen LogP contribution in [0.5, 0.6) is 0 Å². The third-order valence-electron chi connectivity index (χ3n) is 3.47. The van der Waals surface area contributed by atoms with E-state index < -0.39 is 0 Å². The van der Waals surface area contributed by atoms with Gasteiger partial charge in [0.1, 0.15) is 0 Å². The number of anilines is 1. The van der Waals surface area contributed by atoms with Crippen molar-refractivity contribution < 1.29 is 14.0 Å². The molecular formula is C14H15N3O3S. The summed E-state index contributed by atoms with van der Waals surface area (Å²) >= 11 is 1.38. The number of furan rings is 1. The predicted molar refractivity (Wildman–Crippen MR) is 78.1 cm³/mol. The van der Waals surface area contributed by atoms with E-state index in [0.717, 1.165) is 12.8 Å². The molecule has 1 aliphatic rings. The summed E-state index contributed by atoms with van der Waals surface area (Å²) in [7, 11) is 0. The van der Waals surface area contributed by atoms with E-state index in [2.05, 4.69) is 10.3 Å². The molecule has 1 N–H and O–H groups in total. The van der Waals surface area contributed by atoms with Crippen LogP contribution in [0.4, 0.5) is 5.13 Å². The zero-order chi connectivity index (χ0) is 14.7. The minimum Gasteiger partial charge on any atom is -0.459 e. The van der Waals surface area contributed by atoms with E-state index in [1.807, 2.05) is 5.38 Å². The van der Waals surface area contributed by atoms with Crippen molar-refractivity contribution in [2.75, 3.05) is 18.4 Å². The summed E-state index contributed by atoms with van der Waals surface area (Å²) in [4.78, 5) is 30.2. The van der Waals surface area contributed by atoms with Crippen LogP contribution in [-0.4, -0.2) is 34.8 Å². The van der Waals surface area contributed by atoms with Gasteiger partial charge in [0.2, 0.25) is 5.91 Å². The van der Waals surface area contributed by atoms with Crippen LogP contribution in [0, 0.1) is 5.92 Å². The molecule has 0 bridgehead atoms. The van der Waals surface area contributed by atoms with Gasteiger partial charge in [0, 0.05) is 24.7 Å². The summed E-state index contributed by atoms with van der Waals surface area (Å²) in [6, 6.07) is 3.32. The van der Waals surface area contributed by atoms with Crippen LogP contribution in [0.1, 0.15) is 23.4 Å². The van der Waals surface area contributed by atoms with Crippen molar-refractivity contribution >= 4 is 28.3 Å². The van der Waals surface area contributed by atoms with Crippen molar-refractivity contribution in [1.29, 1.82) is 0 Å². The Labute approximate surface area is 125 Å². The number of rotatable bonds is 3. The lowest BCUT2D eigenvalue weighted by molar-refractivity contribution is -0.121. The molecule has 2 aromatic rings. The Morgan fingerprint density at radius 2 is 2.38 bits per heavy atom. The van der Waals surface area contributed by atoms with Gasteiger partial charge in [-0.3, -0.25) is 9.59 Å². The first-order chi connectivity index (χ1) is 10.2. The maximum absolute atomic E-state index is 12.2. The van der Waals surface area contributed by atoms with Crippen molar-refractivity contribution in [1.82, 2.24) is 9.88 Å². The number of piperidine rings is 1. The minimum absolute atomic E-state index is 0.0816. The highest BCUT2D eigenvalue weighted by Crippen LogP contribution is 2.21. The number of hydrogen-bond acceptors (Lipinski definition) is 5. The first kappa shape index (κ1) is 13.8. The largest absolute Gasteiger partial charge is 0.459 e. The van der Waals surface area contributed by atoms with Crippen LogP contribution < -0.4 is 5.32 Å². The van der Waals surface area contributed by atoms with Crippen LogP contribution in [0.25, 0.3) is 0 Å². The van der Waals surface area contributed by atoms with Crippen molar-refractivity contribution in [2.45, 2.75) is 12.8 Å². The molecule has 0 aromatic carbocycles. The first-order valence-electron chi connectivity index (χ1n) is 6.77. The van der Waals surface area contributed by atoms with E-state index >= 15 is 0 Å². The lowest BCUT2D eigenvalue weighted by Gasteiger charge is -2.31. The molecule has 0 radical (unpaired) electrons. The average Bonchev–Trinajstić information content (AvgIpc) is 3.20. The Kier molecular flexibility index (Phi) is 4.01. The van der Waals surface area contributed by atoms with Crippen LogP contribution in [-0.2, 0) is 4.79 Å². The summed E-state index contributed by atoms with van der Waals surface area (Å²) in [6.45, 7) is 1.07. The molecule has 1 atom stereocenters. The van der Waals surface area contributed by atoms with Crippen molar-refractivity contribution in [2.24, 2.45) is 5.92 Å². The third kappa shape index (κ3) is 3.13. The molecule has 21 heavy (non-hydrogen) atoms. The highest BCUT2D eigenvalue weighted by atomic mass is 32.1. The fourth-order valence-electron chi connectivity index (χ4n) is 2.42. The summed E-state index contributed by atoms with van der Waals surface area (Å²) in [5.74, 6) is -0.133. The Morgan fingerprint density at radius 3 is 3.10 bits per heavy atom. The van der Waals surface area contributed by atoms with Gasteiger partial charge >= 0.3 is 0 Å². The van der Waals surface area contributed by atoms with Crippen LogP contribution >= 0.6 is 11.3 Å². The zero-order valence-electron chi connectivity index (χ0n) is 11.3. The van der Waals surface area contributed by atoms with Gasteiger partial charge in [-0.15, -0.1) is 11.3 Å². The number of aromatic nitrogens is 1. The van der Waals surface area contributed by atoms with Gasteiger partial charge in [-0.25, -0.2) is 4.98 Å². The molecule has 6 nitrogen and oxygen atoms in total. The molecule has 3 heterocycles. The topological polar surface area (TPSA) is 75.4 Å². The van der Waals surface area contributed by atoms with Crippen LogP contribution in [0.3, 0.4) is 0 Å². The van der Waals surface area contributed by atoms with Crippen molar-refractivity contribution in [3.05, 3.63) is 35.7 Å². The molecular weight excluding hydrogens is 290 g/mol. The van der Waals surface area contributed by atoms with Crippen LogP contribution in [0.2, 0.25) is 0 Å². The SMILES string of the molecule is O=C(Nc1nccs1)[C@@H]1CCCN(C(=O)c2ccco2)C1. The monoisotopic (exact) mass is 305 g/mol. The highest BCUT2D eigenvalue weighted by Gasteiger charge is 2.30. The highest BCUT2D eigenvalue weighted by molar-refractivity contribution is 7.13. The number of likely N-dealkylation sites (tertiary alicyclic amines) is 1. The Balaban J connectivity index is 1.63. The van der Waals surface area contributed by atoms with Gasteiger partial charge in [-0.05, 0) is 25.0 Å². The normalized spacial score (nSPS) is 18.5. The number of thiazole rings is 1. The van der Waals surface area contributed by atoms with Gasteiger partial charge in [0.05, 0.1) is 12.2 Å². The fraction of sp³-hybridized carbons (Fsp3) is 0.357. The van der Waals surface area contributed by atoms with E-state index in [4.69, 9.17) is 4.42 Å². The maximum atomic E-state index is 12.2. The van der Waals surface area contributed by atoms with Gasteiger partial charge in [-0.2, -0.15) is 0 Å². The third-order valence-corrected chi connectivity index (χ3v) is 4.16. The van der Waals surface area contributed by atoms with E-state index in [1.54, 1.807) is 23.2 Å². The molecule has 1 saturated heterocycles. The van der Waals surface area contributed by atoms with E-state index in [0.29, 0.717) is 24.0 Å². The van der Waals surface area contributed by atoms with Crippen molar-refractivity contribution in [3.63, 3.8) is 0 Å². The lowest BCUT2D eigenvalue weighted by Crippen LogP contribution is -2.43. The molecule has 0 unspecified atom stereocenters. The first-order valence-corrected chi connectivity index (χ1v) is 7.65. The van der Waals surface area contributed by atoms with Crippen LogP contribution in [0.15, 0.2) is 34.4 Å². The smallest absolute Gasteiger partial charge is 0.289 e. The molecule has 1 aliphatic heterocycles. The second kappa shape index (κ2) is 6.09. The minimum atomic E-state index is -0.207. The van der Waals surface area contributed by atoms with E-state index in [-0.39, 0.29) is 17.7 Å². The summed E-state index contributed by atoms with van der Waals surface area (Å²) < 4.78 is 5.13.